The first-order valence-corrected chi connectivity index (χ1v) is 7.21. The number of methoxy groups -OCH3 is 1. The Labute approximate surface area is 122 Å². The molecule has 0 spiro atoms. The second-order valence-corrected chi connectivity index (χ2v) is 5.24. The summed E-state index contributed by atoms with van der Waals surface area (Å²) >= 11 is 1.64. The van der Waals surface area contributed by atoms with Crippen molar-refractivity contribution < 1.29 is 19.3 Å². The number of hydrogen-bond donors (Lipinski definition) is 1. The third-order valence-electron chi connectivity index (χ3n) is 2.63. The molecule has 1 aromatic heterocycles. The highest BCUT2D eigenvalue weighted by Crippen LogP contribution is 2.25. The van der Waals surface area contributed by atoms with Crippen LogP contribution in [0.1, 0.15) is 4.88 Å². The van der Waals surface area contributed by atoms with Crippen LogP contribution in [-0.2, 0) is 11.3 Å². The van der Waals surface area contributed by atoms with Crippen LogP contribution in [0.4, 0.5) is 0 Å². The largest absolute Gasteiger partial charge is 0.493 e. The average molecular weight is 294 g/mol. The SMILES string of the molecule is COc1ccccc1OCC(O)COCc1cccs1. The van der Waals surface area contributed by atoms with Gasteiger partial charge in [0, 0.05) is 4.88 Å². The van der Waals surface area contributed by atoms with Crippen molar-refractivity contribution in [1.29, 1.82) is 0 Å². The molecule has 1 heterocycles. The standard InChI is InChI=1S/C15H18O4S/c1-17-14-6-2-3-7-15(14)19-10-12(16)9-18-11-13-5-4-8-20-13/h2-8,12,16H,9-11H2,1H3. The van der Waals surface area contributed by atoms with Crippen LogP contribution in [0, 0.1) is 0 Å². The number of thiophene rings is 1. The molecule has 108 valence electrons. The summed E-state index contributed by atoms with van der Waals surface area (Å²) in [4.78, 5) is 1.14. The van der Waals surface area contributed by atoms with E-state index >= 15 is 0 Å². The quantitative estimate of drug-likeness (QED) is 0.813. The Bertz CT molecular complexity index is 498. The fourth-order valence-corrected chi connectivity index (χ4v) is 2.30. The Morgan fingerprint density at radius 1 is 1.10 bits per heavy atom. The first-order chi connectivity index (χ1) is 9.79. The van der Waals surface area contributed by atoms with Gasteiger partial charge in [-0.15, -0.1) is 11.3 Å². The molecule has 0 amide bonds. The molecule has 5 heteroatoms. The Kier molecular flexibility index (Phi) is 5.86. The molecule has 0 saturated carbocycles. The van der Waals surface area contributed by atoms with Crippen molar-refractivity contribution in [3.63, 3.8) is 0 Å². The lowest BCUT2D eigenvalue weighted by molar-refractivity contribution is 0.00584. The predicted octanol–water partition coefficient (Wildman–Crippen LogP) is 2.71. The van der Waals surface area contributed by atoms with Crippen molar-refractivity contribution in [3.8, 4) is 11.5 Å². The molecular formula is C15H18O4S. The smallest absolute Gasteiger partial charge is 0.161 e. The second kappa shape index (κ2) is 7.89. The molecule has 1 N–H and O–H groups in total. The zero-order chi connectivity index (χ0) is 14.2. The van der Waals surface area contributed by atoms with Gasteiger partial charge in [-0.3, -0.25) is 0 Å². The van der Waals surface area contributed by atoms with Crippen LogP contribution in [0.3, 0.4) is 0 Å². The van der Waals surface area contributed by atoms with Gasteiger partial charge in [-0.25, -0.2) is 0 Å². The van der Waals surface area contributed by atoms with Gasteiger partial charge in [0.05, 0.1) is 20.3 Å². The number of para-hydroxylation sites is 2. The highest BCUT2D eigenvalue weighted by atomic mass is 32.1. The first-order valence-electron chi connectivity index (χ1n) is 6.33. The van der Waals surface area contributed by atoms with Crippen molar-refractivity contribution in [2.75, 3.05) is 20.3 Å². The van der Waals surface area contributed by atoms with Crippen molar-refractivity contribution in [3.05, 3.63) is 46.7 Å². The summed E-state index contributed by atoms with van der Waals surface area (Å²) in [6.07, 6.45) is -0.667. The summed E-state index contributed by atoms with van der Waals surface area (Å²) in [5.41, 5.74) is 0. The van der Waals surface area contributed by atoms with Gasteiger partial charge in [-0.1, -0.05) is 18.2 Å². The number of aliphatic hydroxyl groups excluding tert-OH is 1. The maximum atomic E-state index is 9.82. The average Bonchev–Trinajstić information content (AvgIpc) is 2.98. The minimum atomic E-state index is -0.667. The van der Waals surface area contributed by atoms with E-state index < -0.39 is 6.10 Å². The van der Waals surface area contributed by atoms with E-state index in [1.165, 1.54) is 0 Å². The first kappa shape index (κ1) is 14.8. The van der Waals surface area contributed by atoms with E-state index in [9.17, 15) is 5.11 Å². The molecule has 4 nitrogen and oxygen atoms in total. The molecule has 0 aliphatic heterocycles. The van der Waals surface area contributed by atoms with E-state index in [0.717, 1.165) is 4.88 Å². The molecule has 0 saturated heterocycles. The maximum absolute atomic E-state index is 9.82. The minimum Gasteiger partial charge on any atom is -0.493 e. The number of benzene rings is 1. The van der Waals surface area contributed by atoms with Gasteiger partial charge in [-0.2, -0.15) is 0 Å². The summed E-state index contributed by atoms with van der Waals surface area (Å²) in [5, 5.41) is 11.8. The van der Waals surface area contributed by atoms with Crippen LogP contribution in [0.5, 0.6) is 11.5 Å². The predicted molar refractivity (Wildman–Crippen MR) is 78.5 cm³/mol. The molecule has 0 radical (unpaired) electrons. The van der Waals surface area contributed by atoms with E-state index in [1.54, 1.807) is 24.5 Å². The van der Waals surface area contributed by atoms with Crippen LogP contribution in [0.15, 0.2) is 41.8 Å². The van der Waals surface area contributed by atoms with Gasteiger partial charge >= 0.3 is 0 Å². The summed E-state index contributed by atoms with van der Waals surface area (Å²) in [5.74, 6) is 1.27. The Hall–Kier alpha value is -1.56. The molecule has 1 aromatic carbocycles. The molecule has 0 aliphatic carbocycles. The molecule has 0 fully saturated rings. The summed E-state index contributed by atoms with van der Waals surface area (Å²) < 4.78 is 16.1. The summed E-state index contributed by atoms with van der Waals surface area (Å²) in [6, 6.07) is 11.3. The number of rotatable bonds is 8. The Morgan fingerprint density at radius 2 is 1.90 bits per heavy atom. The van der Waals surface area contributed by atoms with Crippen molar-refractivity contribution in [2.24, 2.45) is 0 Å². The fourth-order valence-electron chi connectivity index (χ4n) is 1.66. The lowest BCUT2D eigenvalue weighted by Crippen LogP contribution is -2.23. The number of ether oxygens (including phenoxy) is 3. The highest BCUT2D eigenvalue weighted by molar-refractivity contribution is 7.09. The number of aliphatic hydroxyl groups is 1. The lowest BCUT2D eigenvalue weighted by Gasteiger charge is -2.14. The van der Waals surface area contributed by atoms with Gasteiger partial charge in [0.25, 0.3) is 0 Å². The Balaban J connectivity index is 1.70. The monoisotopic (exact) mass is 294 g/mol. The second-order valence-electron chi connectivity index (χ2n) is 4.21. The summed E-state index contributed by atoms with van der Waals surface area (Å²) in [6.45, 7) is 0.932. The molecule has 20 heavy (non-hydrogen) atoms. The molecule has 2 rings (SSSR count). The van der Waals surface area contributed by atoms with Crippen LogP contribution in [-0.4, -0.2) is 31.5 Å². The topological polar surface area (TPSA) is 47.9 Å². The molecular weight excluding hydrogens is 276 g/mol. The van der Waals surface area contributed by atoms with Gasteiger partial charge in [0.15, 0.2) is 11.5 Å². The molecule has 0 aliphatic rings. The van der Waals surface area contributed by atoms with Crippen LogP contribution >= 0.6 is 11.3 Å². The van der Waals surface area contributed by atoms with Crippen molar-refractivity contribution in [1.82, 2.24) is 0 Å². The van der Waals surface area contributed by atoms with Crippen molar-refractivity contribution >= 4 is 11.3 Å². The number of hydrogen-bond acceptors (Lipinski definition) is 5. The maximum Gasteiger partial charge on any atom is 0.161 e. The third-order valence-corrected chi connectivity index (χ3v) is 3.48. The lowest BCUT2D eigenvalue weighted by atomic mass is 10.3. The fraction of sp³-hybridized carbons (Fsp3) is 0.333. The van der Waals surface area contributed by atoms with Crippen molar-refractivity contribution in [2.45, 2.75) is 12.7 Å². The Morgan fingerprint density at radius 3 is 2.60 bits per heavy atom. The summed E-state index contributed by atoms with van der Waals surface area (Å²) in [7, 11) is 1.59. The molecule has 1 unspecified atom stereocenters. The zero-order valence-electron chi connectivity index (χ0n) is 11.3. The van der Waals surface area contributed by atoms with E-state index in [4.69, 9.17) is 14.2 Å². The molecule has 1 atom stereocenters. The molecule has 0 bridgehead atoms. The minimum absolute atomic E-state index is 0.171. The van der Waals surface area contributed by atoms with Crippen LogP contribution in [0.2, 0.25) is 0 Å². The highest BCUT2D eigenvalue weighted by Gasteiger charge is 2.08. The molecule has 2 aromatic rings. The van der Waals surface area contributed by atoms with E-state index in [1.807, 2.05) is 35.7 Å². The van der Waals surface area contributed by atoms with Gasteiger partial charge in [0.2, 0.25) is 0 Å². The van der Waals surface area contributed by atoms with Gasteiger partial charge in [-0.05, 0) is 23.6 Å². The third kappa shape index (κ3) is 4.52. The van der Waals surface area contributed by atoms with Crippen LogP contribution < -0.4 is 9.47 Å². The normalized spacial score (nSPS) is 12.1. The van der Waals surface area contributed by atoms with Gasteiger partial charge in [0.1, 0.15) is 12.7 Å². The zero-order valence-corrected chi connectivity index (χ0v) is 12.1. The van der Waals surface area contributed by atoms with E-state index in [-0.39, 0.29) is 13.2 Å². The van der Waals surface area contributed by atoms with Gasteiger partial charge < -0.3 is 19.3 Å². The van der Waals surface area contributed by atoms with E-state index in [2.05, 4.69) is 0 Å². The van der Waals surface area contributed by atoms with E-state index in [0.29, 0.717) is 18.1 Å². The van der Waals surface area contributed by atoms with Crippen LogP contribution in [0.25, 0.3) is 0 Å².